The van der Waals surface area contributed by atoms with Crippen LogP contribution in [0.5, 0.6) is 0 Å². The molecule has 3 nitrogen and oxygen atoms in total. The first-order valence-corrected chi connectivity index (χ1v) is 8.16. The van der Waals surface area contributed by atoms with E-state index in [1.165, 1.54) is 19.3 Å². The van der Waals surface area contributed by atoms with Crippen molar-refractivity contribution in [3.05, 3.63) is 65.5 Å². The Labute approximate surface area is 136 Å². The van der Waals surface area contributed by atoms with E-state index in [1.807, 2.05) is 42.5 Å². The number of nitrogens with one attached hydrogen (secondary N) is 1. The highest BCUT2D eigenvalue weighted by atomic mass is 19.1. The van der Waals surface area contributed by atoms with Crippen molar-refractivity contribution in [2.24, 2.45) is 5.10 Å². The van der Waals surface area contributed by atoms with Crippen LogP contribution in [0, 0.1) is 5.82 Å². The quantitative estimate of drug-likeness (QED) is 0.660. The second-order valence-corrected chi connectivity index (χ2v) is 5.92. The molecule has 0 unspecified atom stereocenters. The van der Waals surface area contributed by atoms with Crippen molar-refractivity contribution in [2.75, 3.05) is 18.5 Å². The fourth-order valence-electron chi connectivity index (χ4n) is 2.82. The van der Waals surface area contributed by atoms with E-state index in [4.69, 9.17) is 0 Å². The molecule has 0 aromatic heterocycles. The van der Waals surface area contributed by atoms with Gasteiger partial charge in [0.05, 0.1) is 11.9 Å². The first-order valence-electron chi connectivity index (χ1n) is 8.16. The fourth-order valence-corrected chi connectivity index (χ4v) is 2.82. The predicted octanol–water partition coefficient (Wildman–Crippen LogP) is 4.26. The molecule has 1 saturated heterocycles. The summed E-state index contributed by atoms with van der Waals surface area (Å²) in [6.45, 7) is 2.85. The molecule has 23 heavy (non-hydrogen) atoms. The standard InChI is InChI=1S/C19H22FN3/c20-19-13-16(14-21-22-18-7-3-1-4-8-18)9-10-17(19)15-23-11-5-2-6-12-23/h1,3-4,7-10,13-14,22H,2,5-6,11-12,15H2. The number of nitrogens with zero attached hydrogens (tertiary/aromatic N) is 2. The number of rotatable bonds is 5. The number of hydrazone groups is 1. The van der Waals surface area contributed by atoms with Crippen LogP contribution < -0.4 is 5.43 Å². The lowest BCUT2D eigenvalue weighted by molar-refractivity contribution is 0.218. The van der Waals surface area contributed by atoms with Crippen LogP contribution in [0.25, 0.3) is 0 Å². The van der Waals surface area contributed by atoms with Gasteiger partial charge in [0.2, 0.25) is 0 Å². The van der Waals surface area contributed by atoms with Crippen LogP contribution in [0.1, 0.15) is 30.4 Å². The second-order valence-electron chi connectivity index (χ2n) is 5.92. The zero-order chi connectivity index (χ0) is 15.9. The Balaban J connectivity index is 1.59. The Morgan fingerprint density at radius 2 is 1.83 bits per heavy atom. The highest BCUT2D eigenvalue weighted by molar-refractivity contribution is 5.80. The average molecular weight is 311 g/mol. The minimum Gasteiger partial charge on any atom is -0.299 e. The van der Waals surface area contributed by atoms with Crippen LogP contribution in [0.3, 0.4) is 0 Å². The summed E-state index contributed by atoms with van der Waals surface area (Å²) in [5.74, 6) is -0.153. The van der Waals surface area contributed by atoms with Gasteiger partial charge in [0.1, 0.15) is 5.82 Å². The molecule has 1 aliphatic heterocycles. The average Bonchev–Trinajstić information content (AvgIpc) is 2.59. The highest BCUT2D eigenvalue weighted by Crippen LogP contribution is 2.16. The summed E-state index contributed by atoms with van der Waals surface area (Å²) in [5, 5.41) is 4.15. The van der Waals surface area contributed by atoms with Gasteiger partial charge in [-0.25, -0.2) is 4.39 Å². The predicted molar refractivity (Wildman–Crippen MR) is 93.2 cm³/mol. The molecule has 0 amide bonds. The molecule has 120 valence electrons. The Morgan fingerprint density at radius 1 is 1.04 bits per heavy atom. The fraction of sp³-hybridized carbons (Fsp3) is 0.316. The number of likely N-dealkylation sites (tertiary alicyclic amines) is 1. The van der Waals surface area contributed by atoms with Gasteiger partial charge in [0.15, 0.2) is 0 Å². The largest absolute Gasteiger partial charge is 0.299 e. The van der Waals surface area contributed by atoms with E-state index in [0.29, 0.717) is 6.54 Å². The van der Waals surface area contributed by atoms with Crippen LogP contribution in [-0.4, -0.2) is 24.2 Å². The second kappa shape index (κ2) is 7.88. The number of anilines is 1. The minimum atomic E-state index is -0.153. The number of piperidine rings is 1. The van der Waals surface area contributed by atoms with Gasteiger partial charge in [-0.15, -0.1) is 0 Å². The van der Waals surface area contributed by atoms with Gasteiger partial charge in [-0.1, -0.05) is 36.8 Å². The van der Waals surface area contributed by atoms with Crippen molar-refractivity contribution < 1.29 is 4.39 Å². The van der Waals surface area contributed by atoms with Crippen molar-refractivity contribution in [1.29, 1.82) is 0 Å². The molecule has 2 aromatic rings. The molecule has 0 saturated carbocycles. The summed E-state index contributed by atoms with van der Waals surface area (Å²) in [7, 11) is 0. The maximum absolute atomic E-state index is 14.2. The smallest absolute Gasteiger partial charge is 0.128 e. The van der Waals surface area contributed by atoms with Crippen LogP contribution in [0.15, 0.2) is 53.6 Å². The molecule has 3 rings (SSSR count). The summed E-state index contributed by atoms with van der Waals surface area (Å²) in [4.78, 5) is 2.33. The van der Waals surface area contributed by atoms with Gasteiger partial charge >= 0.3 is 0 Å². The van der Waals surface area contributed by atoms with Gasteiger partial charge in [0, 0.05) is 12.1 Å². The molecule has 0 radical (unpaired) electrons. The topological polar surface area (TPSA) is 27.6 Å². The maximum Gasteiger partial charge on any atom is 0.128 e. The summed E-state index contributed by atoms with van der Waals surface area (Å²) in [6, 6.07) is 15.0. The zero-order valence-electron chi connectivity index (χ0n) is 13.2. The number of hydrogen-bond donors (Lipinski definition) is 1. The van der Waals surface area contributed by atoms with E-state index in [-0.39, 0.29) is 5.82 Å². The third kappa shape index (κ3) is 4.63. The van der Waals surface area contributed by atoms with E-state index in [9.17, 15) is 4.39 Å². The third-order valence-corrected chi connectivity index (χ3v) is 4.10. The normalized spacial score (nSPS) is 15.9. The molecular formula is C19H22FN3. The van der Waals surface area contributed by atoms with Crippen LogP contribution in [-0.2, 0) is 6.54 Å². The van der Waals surface area contributed by atoms with Crippen molar-refractivity contribution in [3.63, 3.8) is 0 Å². The lowest BCUT2D eigenvalue weighted by atomic mass is 10.1. The Hall–Kier alpha value is -2.20. The molecule has 1 fully saturated rings. The molecule has 0 atom stereocenters. The number of hydrogen-bond acceptors (Lipinski definition) is 3. The summed E-state index contributed by atoms with van der Waals surface area (Å²) in [6.07, 6.45) is 5.37. The van der Waals surface area contributed by atoms with Crippen LogP contribution >= 0.6 is 0 Å². The Bertz CT molecular complexity index is 649. The van der Waals surface area contributed by atoms with E-state index < -0.39 is 0 Å². The van der Waals surface area contributed by atoms with Gasteiger partial charge in [-0.3, -0.25) is 10.3 Å². The Kier molecular flexibility index (Phi) is 5.37. The first kappa shape index (κ1) is 15.7. The molecule has 0 bridgehead atoms. The van der Waals surface area contributed by atoms with Gasteiger partial charge in [-0.05, 0) is 49.7 Å². The van der Waals surface area contributed by atoms with E-state index in [0.717, 1.165) is 29.9 Å². The minimum absolute atomic E-state index is 0.153. The SMILES string of the molecule is Fc1cc(C=NNc2ccccc2)ccc1CN1CCCCC1. The van der Waals surface area contributed by atoms with Gasteiger partial charge < -0.3 is 0 Å². The monoisotopic (exact) mass is 311 g/mol. The lowest BCUT2D eigenvalue weighted by Crippen LogP contribution is -2.29. The third-order valence-electron chi connectivity index (χ3n) is 4.10. The molecule has 1 heterocycles. The van der Waals surface area contributed by atoms with Crippen molar-refractivity contribution in [1.82, 2.24) is 4.90 Å². The summed E-state index contributed by atoms with van der Waals surface area (Å²) < 4.78 is 14.2. The molecule has 4 heteroatoms. The zero-order valence-corrected chi connectivity index (χ0v) is 13.2. The Morgan fingerprint density at radius 3 is 2.57 bits per heavy atom. The number of halogens is 1. The highest BCUT2D eigenvalue weighted by Gasteiger charge is 2.12. The molecule has 0 spiro atoms. The van der Waals surface area contributed by atoms with Gasteiger partial charge in [-0.2, -0.15) is 5.10 Å². The van der Waals surface area contributed by atoms with Crippen LogP contribution in [0.2, 0.25) is 0 Å². The van der Waals surface area contributed by atoms with Crippen molar-refractivity contribution in [3.8, 4) is 0 Å². The maximum atomic E-state index is 14.2. The van der Waals surface area contributed by atoms with Gasteiger partial charge in [0.25, 0.3) is 0 Å². The molecular weight excluding hydrogens is 289 g/mol. The lowest BCUT2D eigenvalue weighted by Gasteiger charge is -2.26. The van der Waals surface area contributed by atoms with E-state index >= 15 is 0 Å². The summed E-state index contributed by atoms with van der Waals surface area (Å²) in [5.41, 5.74) is 5.36. The van der Waals surface area contributed by atoms with Crippen molar-refractivity contribution in [2.45, 2.75) is 25.8 Å². The van der Waals surface area contributed by atoms with Crippen LogP contribution in [0.4, 0.5) is 10.1 Å². The van der Waals surface area contributed by atoms with E-state index in [1.54, 1.807) is 12.3 Å². The van der Waals surface area contributed by atoms with E-state index in [2.05, 4.69) is 15.4 Å². The molecule has 1 aliphatic rings. The molecule has 1 N–H and O–H groups in total. The number of para-hydroxylation sites is 1. The molecule has 0 aliphatic carbocycles. The van der Waals surface area contributed by atoms with Crippen molar-refractivity contribution >= 4 is 11.9 Å². The molecule has 2 aromatic carbocycles. The first-order chi connectivity index (χ1) is 11.3. The number of benzene rings is 2. The summed E-state index contributed by atoms with van der Waals surface area (Å²) >= 11 is 0.